The molecule has 8 nitrogen and oxygen atoms in total. The lowest BCUT2D eigenvalue weighted by Gasteiger charge is -2.13. The Labute approximate surface area is 176 Å². The number of nitrogens with one attached hydrogen (secondary N) is 1. The Hall–Kier alpha value is -1.56. The summed E-state index contributed by atoms with van der Waals surface area (Å²) in [7, 11) is 3.23. The number of fused-ring (bicyclic) bond motifs is 1. The fourth-order valence-corrected chi connectivity index (χ4v) is 3.71. The van der Waals surface area contributed by atoms with Gasteiger partial charge in [-0.05, 0) is 26.0 Å². The summed E-state index contributed by atoms with van der Waals surface area (Å²) in [6.07, 6.45) is 1.74. The van der Waals surface area contributed by atoms with Crippen LogP contribution in [-0.4, -0.2) is 67.7 Å². The molecule has 0 radical (unpaired) electrons. The second-order valence-electron chi connectivity index (χ2n) is 5.46. The number of benzene rings is 1. The van der Waals surface area contributed by atoms with E-state index in [9.17, 15) is 4.55 Å². The predicted molar refractivity (Wildman–Crippen MR) is 109 cm³/mol. The van der Waals surface area contributed by atoms with Gasteiger partial charge < -0.3 is 25.0 Å². The fourth-order valence-electron chi connectivity index (χ4n) is 2.61. The maximum absolute atomic E-state index is 12.7. The topological polar surface area (TPSA) is 146 Å². The number of pyridine rings is 1. The normalized spacial score (nSPS) is 11.0. The van der Waals surface area contributed by atoms with Crippen molar-refractivity contribution in [1.82, 2.24) is 15.0 Å². The Morgan fingerprint density at radius 2 is 1.85 bits per heavy atom. The van der Waals surface area contributed by atoms with Gasteiger partial charge in [-0.1, -0.05) is 0 Å². The van der Waals surface area contributed by atoms with E-state index < -0.39 is 11.2 Å². The second-order valence-corrected chi connectivity index (χ2v) is 6.83. The molecule has 146 valence electrons. The highest BCUT2D eigenvalue weighted by atomic mass is 32.2. The van der Waals surface area contributed by atoms with Gasteiger partial charge in [-0.15, -0.1) is 0 Å². The first-order chi connectivity index (χ1) is 11.5. The van der Waals surface area contributed by atoms with Crippen LogP contribution >= 0.6 is 0 Å². The Balaban J connectivity index is 0.00000225. The highest BCUT2D eigenvalue weighted by molar-refractivity contribution is 7.90. The number of hydrogen-bond acceptors (Lipinski definition) is 5. The van der Waals surface area contributed by atoms with E-state index in [1.54, 1.807) is 20.4 Å². The van der Waals surface area contributed by atoms with Gasteiger partial charge in [-0.3, -0.25) is 9.97 Å². The minimum Gasteiger partial charge on any atom is -0.609 e. The SMILES string of the molecule is COc1ccc2[nH]c([S@@+]([O-])Cc3ncc(C)c(OC)c3C)nc2c1.O.O.[MgH2]. The van der Waals surface area contributed by atoms with Crippen molar-refractivity contribution in [2.75, 3.05) is 14.2 Å². The Morgan fingerprint density at radius 1 is 1.15 bits per heavy atom. The van der Waals surface area contributed by atoms with Crippen LogP contribution in [-0.2, 0) is 16.9 Å². The first kappa shape index (κ1) is 25.4. The number of rotatable bonds is 5. The van der Waals surface area contributed by atoms with Crippen molar-refractivity contribution in [3.05, 3.63) is 41.2 Å². The quantitative estimate of drug-likeness (QED) is 0.478. The van der Waals surface area contributed by atoms with Gasteiger partial charge in [0.1, 0.15) is 11.5 Å². The largest absolute Gasteiger partial charge is 0.609 e. The van der Waals surface area contributed by atoms with E-state index >= 15 is 0 Å². The third-order valence-corrected chi connectivity index (χ3v) is 5.06. The molecule has 0 bridgehead atoms. The van der Waals surface area contributed by atoms with Crippen LogP contribution in [0.1, 0.15) is 16.8 Å². The van der Waals surface area contributed by atoms with Crippen molar-refractivity contribution in [1.29, 1.82) is 0 Å². The summed E-state index contributed by atoms with van der Waals surface area (Å²) in [5.41, 5.74) is 4.16. The second kappa shape index (κ2) is 10.7. The number of hydrogen-bond donors (Lipinski definition) is 1. The van der Waals surface area contributed by atoms with Crippen LogP contribution in [0.15, 0.2) is 29.6 Å². The molecular formula is C17H25MgN3O5S. The molecule has 0 saturated carbocycles. The third kappa shape index (κ3) is 5.24. The molecule has 1 atom stereocenters. The summed E-state index contributed by atoms with van der Waals surface area (Å²) >= 11 is -1.33. The zero-order valence-electron chi connectivity index (χ0n) is 15.0. The van der Waals surface area contributed by atoms with E-state index in [0.717, 1.165) is 33.6 Å². The molecule has 2 aromatic heterocycles. The standard InChI is InChI=1S/C17H19N3O3S.Mg.2H2O.2H/c1-10-8-18-15(11(2)16(10)23-4)9-24(21)17-19-13-6-5-12(22-3)7-14(13)20-17;;;;;/h5-8H,9H2,1-4H3,(H,19,20);;2*1H2;;/t24-;;;;;/m0...../s1. The molecule has 0 aliphatic heterocycles. The van der Waals surface area contributed by atoms with E-state index in [1.165, 1.54) is 0 Å². The molecule has 1 aromatic carbocycles. The van der Waals surface area contributed by atoms with E-state index in [0.29, 0.717) is 10.9 Å². The molecule has 27 heavy (non-hydrogen) atoms. The van der Waals surface area contributed by atoms with E-state index in [4.69, 9.17) is 9.47 Å². The van der Waals surface area contributed by atoms with Gasteiger partial charge >= 0.3 is 28.2 Å². The van der Waals surface area contributed by atoms with Crippen LogP contribution in [0.4, 0.5) is 0 Å². The maximum atomic E-state index is 12.7. The minimum atomic E-state index is -1.33. The molecule has 0 amide bonds. The van der Waals surface area contributed by atoms with E-state index in [2.05, 4.69) is 15.0 Å². The van der Waals surface area contributed by atoms with Gasteiger partial charge in [0.15, 0.2) is 5.75 Å². The predicted octanol–water partition coefficient (Wildman–Crippen LogP) is 0.334. The van der Waals surface area contributed by atoms with Crippen molar-refractivity contribution in [2.24, 2.45) is 0 Å². The average molecular weight is 408 g/mol. The summed E-state index contributed by atoms with van der Waals surface area (Å²) in [4.78, 5) is 11.9. The van der Waals surface area contributed by atoms with Crippen molar-refractivity contribution in [3.63, 3.8) is 0 Å². The van der Waals surface area contributed by atoms with Crippen LogP contribution in [0.2, 0.25) is 0 Å². The number of aromatic nitrogens is 3. The number of nitrogens with zero attached hydrogens (tertiary/aromatic N) is 2. The lowest BCUT2D eigenvalue weighted by atomic mass is 10.1. The monoisotopic (exact) mass is 407 g/mol. The van der Waals surface area contributed by atoms with E-state index in [-0.39, 0.29) is 39.8 Å². The Morgan fingerprint density at radius 3 is 2.48 bits per heavy atom. The fraction of sp³-hybridized carbons (Fsp3) is 0.294. The van der Waals surface area contributed by atoms with Crippen LogP contribution in [0.5, 0.6) is 11.5 Å². The van der Waals surface area contributed by atoms with E-state index in [1.807, 2.05) is 32.0 Å². The van der Waals surface area contributed by atoms with Gasteiger partial charge in [0.25, 0.3) is 0 Å². The minimum absolute atomic E-state index is 0. The highest BCUT2D eigenvalue weighted by Gasteiger charge is 2.21. The van der Waals surface area contributed by atoms with Crippen LogP contribution in [0.25, 0.3) is 11.0 Å². The molecule has 0 fully saturated rings. The smallest absolute Gasteiger partial charge is 0.322 e. The molecule has 0 saturated heterocycles. The van der Waals surface area contributed by atoms with Crippen LogP contribution in [0, 0.1) is 13.8 Å². The Kier molecular flexibility index (Phi) is 10.1. The summed E-state index contributed by atoms with van der Waals surface area (Å²) in [5, 5.41) is 0.430. The van der Waals surface area contributed by atoms with Gasteiger partial charge in [0, 0.05) is 34.6 Å². The number of ether oxygens (including phenoxy) is 2. The zero-order valence-corrected chi connectivity index (χ0v) is 15.9. The first-order valence-corrected chi connectivity index (χ1v) is 8.76. The summed E-state index contributed by atoms with van der Waals surface area (Å²) in [5.74, 6) is 1.78. The summed E-state index contributed by atoms with van der Waals surface area (Å²) in [6, 6.07) is 5.51. The molecule has 0 unspecified atom stereocenters. The van der Waals surface area contributed by atoms with Crippen LogP contribution < -0.4 is 9.47 Å². The Bertz CT molecular complexity index is 890. The van der Waals surface area contributed by atoms with Crippen molar-refractivity contribution >= 4 is 45.3 Å². The van der Waals surface area contributed by atoms with Gasteiger partial charge in [-0.25, -0.2) is 0 Å². The van der Waals surface area contributed by atoms with Crippen molar-refractivity contribution in [2.45, 2.75) is 24.8 Å². The zero-order chi connectivity index (χ0) is 17.3. The molecule has 0 aliphatic rings. The summed E-state index contributed by atoms with van der Waals surface area (Å²) in [6.45, 7) is 3.86. The first-order valence-electron chi connectivity index (χ1n) is 7.44. The number of imidazole rings is 1. The van der Waals surface area contributed by atoms with Gasteiger partial charge in [0.05, 0.1) is 30.9 Å². The molecule has 0 aliphatic carbocycles. The highest BCUT2D eigenvalue weighted by Crippen LogP contribution is 2.27. The lowest BCUT2D eigenvalue weighted by molar-refractivity contribution is 0.407. The lowest BCUT2D eigenvalue weighted by Crippen LogP contribution is -2.10. The molecule has 3 rings (SSSR count). The number of H-pyrrole nitrogens is 1. The van der Waals surface area contributed by atoms with Gasteiger partial charge in [0.2, 0.25) is 0 Å². The maximum Gasteiger partial charge on any atom is 0.322 e. The molecule has 3 aromatic rings. The molecule has 2 heterocycles. The molecular weight excluding hydrogens is 383 g/mol. The van der Waals surface area contributed by atoms with Crippen molar-refractivity contribution < 1.29 is 25.0 Å². The third-order valence-electron chi connectivity index (χ3n) is 3.90. The number of aryl methyl sites for hydroxylation is 1. The average Bonchev–Trinajstić information content (AvgIpc) is 3.01. The molecule has 10 heteroatoms. The van der Waals surface area contributed by atoms with Crippen LogP contribution in [0.3, 0.4) is 0 Å². The molecule has 0 spiro atoms. The molecule has 5 N–H and O–H groups in total. The van der Waals surface area contributed by atoms with Crippen molar-refractivity contribution in [3.8, 4) is 11.5 Å². The number of aromatic amines is 1. The number of methoxy groups -OCH3 is 2. The van der Waals surface area contributed by atoms with Gasteiger partial charge in [-0.2, -0.15) is 4.98 Å². The summed E-state index contributed by atoms with van der Waals surface area (Å²) < 4.78 is 23.3.